The number of carbonyl (C=O) groups excluding carboxylic acids is 2. The number of non-ortho nitro benzene ring substituents is 1. The Hall–Kier alpha value is -3.96. The fraction of sp³-hybridized carbons (Fsp3) is 0.167. The molecule has 30 heavy (non-hydrogen) atoms. The van der Waals surface area contributed by atoms with Crippen molar-refractivity contribution in [2.45, 2.75) is 18.6 Å². The molecule has 1 unspecified atom stereocenters. The normalized spacial score (nSPS) is 16.3. The smallest absolute Gasteiger partial charge is 0.326 e. The monoisotopic (exact) mass is 421 g/mol. The van der Waals surface area contributed by atoms with Crippen LogP contribution in [0.5, 0.6) is 0 Å². The van der Waals surface area contributed by atoms with Crippen molar-refractivity contribution in [3.63, 3.8) is 0 Å². The van der Waals surface area contributed by atoms with Gasteiger partial charge in [-0.05, 0) is 30.3 Å². The largest absolute Gasteiger partial charge is 0.416 e. The molecule has 12 heteroatoms. The molecular formula is C18H14F3N5O4. The SMILES string of the molecule is O=C1CC(C(=O)Nc2ccc([N+](=O)[O-])cc2)N=C(Nc2cccc(C(F)(F)F)c2)N1. The number of aliphatic imine (C=N–C) groups is 1. The average Bonchev–Trinajstić information content (AvgIpc) is 2.67. The lowest BCUT2D eigenvalue weighted by Crippen LogP contribution is -2.45. The molecule has 0 aromatic heterocycles. The summed E-state index contributed by atoms with van der Waals surface area (Å²) in [6.07, 6.45) is -4.81. The average molecular weight is 421 g/mol. The molecule has 2 aromatic carbocycles. The second kappa shape index (κ2) is 8.19. The minimum atomic E-state index is -4.54. The highest BCUT2D eigenvalue weighted by atomic mass is 19.4. The van der Waals surface area contributed by atoms with Crippen LogP contribution in [0.1, 0.15) is 12.0 Å². The van der Waals surface area contributed by atoms with Gasteiger partial charge in [0, 0.05) is 23.5 Å². The van der Waals surface area contributed by atoms with Crippen LogP contribution in [0, 0.1) is 10.1 Å². The highest BCUT2D eigenvalue weighted by Gasteiger charge is 2.31. The van der Waals surface area contributed by atoms with E-state index in [0.717, 1.165) is 12.1 Å². The number of nitro benzene ring substituents is 1. The molecule has 1 heterocycles. The first-order chi connectivity index (χ1) is 14.1. The van der Waals surface area contributed by atoms with Crippen molar-refractivity contribution in [3.05, 3.63) is 64.2 Å². The number of nitrogens with one attached hydrogen (secondary N) is 3. The van der Waals surface area contributed by atoms with Crippen molar-refractivity contribution in [2.24, 2.45) is 4.99 Å². The number of guanidine groups is 1. The van der Waals surface area contributed by atoms with E-state index in [0.29, 0.717) is 0 Å². The number of halogens is 3. The van der Waals surface area contributed by atoms with Gasteiger partial charge < -0.3 is 10.6 Å². The number of carbonyl (C=O) groups is 2. The van der Waals surface area contributed by atoms with Crippen LogP contribution in [0.3, 0.4) is 0 Å². The second-order valence-corrected chi connectivity index (χ2v) is 6.24. The van der Waals surface area contributed by atoms with Gasteiger partial charge in [0.05, 0.1) is 16.9 Å². The van der Waals surface area contributed by atoms with Crippen LogP contribution in [0.4, 0.5) is 30.2 Å². The maximum Gasteiger partial charge on any atom is 0.416 e. The topological polar surface area (TPSA) is 126 Å². The Morgan fingerprint density at radius 3 is 2.50 bits per heavy atom. The molecule has 2 aromatic rings. The van der Waals surface area contributed by atoms with Gasteiger partial charge in [-0.2, -0.15) is 13.2 Å². The molecule has 0 aliphatic carbocycles. The van der Waals surface area contributed by atoms with Gasteiger partial charge >= 0.3 is 6.18 Å². The van der Waals surface area contributed by atoms with E-state index in [-0.39, 0.29) is 29.4 Å². The summed E-state index contributed by atoms with van der Waals surface area (Å²) in [6.45, 7) is 0. The number of hydrogen-bond acceptors (Lipinski definition) is 6. The van der Waals surface area contributed by atoms with E-state index in [2.05, 4.69) is 20.9 Å². The van der Waals surface area contributed by atoms with Crippen molar-refractivity contribution in [1.82, 2.24) is 5.32 Å². The van der Waals surface area contributed by atoms with E-state index in [1.165, 1.54) is 36.4 Å². The molecule has 0 spiro atoms. The summed E-state index contributed by atoms with van der Waals surface area (Å²) >= 11 is 0. The summed E-state index contributed by atoms with van der Waals surface area (Å²) in [5.74, 6) is -1.38. The molecule has 1 atom stereocenters. The number of nitro groups is 1. The van der Waals surface area contributed by atoms with Crippen LogP contribution in [0.15, 0.2) is 53.5 Å². The fourth-order valence-electron chi connectivity index (χ4n) is 2.61. The zero-order chi connectivity index (χ0) is 21.9. The van der Waals surface area contributed by atoms with E-state index in [1.54, 1.807) is 0 Å². The molecule has 1 aliphatic heterocycles. The van der Waals surface area contributed by atoms with Gasteiger partial charge in [-0.25, -0.2) is 4.99 Å². The Kier molecular flexibility index (Phi) is 5.67. The number of hydrogen-bond donors (Lipinski definition) is 3. The van der Waals surface area contributed by atoms with Gasteiger partial charge in [-0.15, -0.1) is 0 Å². The standard InChI is InChI=1S/C18H14F3N5O4/c19-18(20,21)10-2-1-3-12(8-10)23-17-24-14(9-15(27)25-17)16(28)22-11-4-6-13(7-5-11)26(29)30/h1-8,14H,9H2,(H,22,28)(H2,23,24,25,27). The van der Waals surface area contributed by atoms with Gasteiger partial charge in [-0.1, -0.05) is 6.07 Å². The number of benzene rings is 2. The summed E-state index contributed by atoms with van der Waals surface area (Å²) in [7, 11) is 0. The maximum absolute atomic E-state index is 12.8. The molecule has 0 fully saturated rings. The number of rotatable bonds is 4. The van der Waals surface area contributed by atoms with Crippen LogP contribution >= 0.6 is 0 Å². The van der Waals surface area contributed by atoms with E-state index in [9.17, 15) is 32.9 Å². The highest BCUT2D eigenvalue weighted by molar-refractivity contribution is 6.10. The third-order valence-electron chi connectivity index (χ3n) is 4.02. The molecular weight excluding hydrogens is 407 g/mol. The lowest BCUT2D eigenvalue weighted by Gasteiger charge is -2.21. The molecule has 0 radical (unpaired) electrons. The van der Waals surface area contributed by atoms with E-state index in [1.807, 2.05) is 0 Å². The zero-order valence-corrected chi connectivity index (χ0v) is 15.1. The quantitative estimate of drug-likeness (QED) is 0.517. The molecule has 0 saturated carbocycles. The summed E-state index contributed by atoms with van der Waals surface area (Å²) < 4.78 is 38.5. The summed E-state index contributed by atoms with van der Waals surface area (Å²) in [5, 5.41) is 18.1. The Morgan fingerprint density at radius 1 is 1.17 bits per heavy atom. The first-order valence-electron chi connectivity index (χ1n) is 8.49. The minimum Gasteiger partial charge on any atom is -0.326 e. The lowest BCUT2D eigenvalue weighted by atomic mass is 10.1. The van der Waals surface area contributed by atoms with Crippen molar-refractivity contribution in [1.29, 1.82) is 0 Å². The molecule has 2 amide bonds. The van der Waals surface area contributed by atoms with Crippen LogP contribution in [0.25, 0.3) is 0 Å². The Labute approximate surface area is 167 Å². The van der Waals surface area contributed by atoms with Crippen molar-refractivity contribution < 1.29 is 27.7 Å². The third-order valence-corrected chi connectivity index (χ3v) is 4.02. The van der Waals surface area contributed by atoms with Gasteiger partial charge in [-0.3, -0.25) is 25.0 Å². The molecule has 3 rings (SSSR count). The zero-order valence-electron chi connectivity index (χ0n) is 15.1. The molecule has 3 N–H and O–H groups in total. The van der Waals surface area contributed by atoms with Crippen molar-refractivity contribution in [2.75, 3.05) is 10.6 Å². The first-order valence-corrected chi connectivity index (χ1v) is 8.49. The van der Waals surface area contributed by atoms with E-state index >= 15 is 0 Å². The first kappa shape index (κ1) is 20.8. The van der Waals surface area contributed by atoms with Crippen LogP contribution in [-0.4, -0.2) is 28.7 Å². The summed E-state index contributed by atoms with van der Waals surface area (Å²) in [4.78, 5) is 38.4. The number of alkyl halides is 3. The molecule has 156 valence electrons. The van der Waals surface area contributed by atoms with Crippen LogP contribution < -0.4 is 16.0 Å². The highest BCUT2D eigenvalue weighted by Crippen LogP contribution is 2.30. The van der Waals surface area contributed by atoms with E-state index in [4.69, 9.17) is 0 Å². The van der Waals surface area contributed by atoms with Crippen molar-refractivity contribution in [3.8, 4) is 0 Å². The van der Waals surface area contributed by atoms with Gasteiger partial charge in [0.1, 0.15) is 6.04 Å². The van der Waals surface area contributed by atoms with Gasteiger partial charge in [0.25, 0.3) is 5.69 Å². The fourth-order valence-corrected chi connectivity index (χ4v) is 2.61. The molecule has 1 aliphatic rings. The summed E-state index contributed by atoms with van der Waals surface area (Å²) in [6, 6.07) is 8.19. The van der Waals surface area contributed by atoms with Crippen LogP contribution in [-0.2, 0) is 15.8 Å². The predicted molar refractivity (Wildman–Crippen MR) is 101 cm³/mol. The van der Waals surface area contributed by atoms with Gasteiger partial charge in [0.2, 0.25) is 17.8 Å². The van der Waals surface area contributed by atoms with Gasteiger partial charge in [0.15, 0.2) is 0 Å². The number of anilines is 2. The predicted octanol–water partition coefficient (Wildman–Crippen LogP) is 2.91. The lowest BCUT2D eigenvalue weighted by molar-refractivity contribution is -0.384. The molecule has 0 bridgehead atoms. The Bertz CT molecular complexity index is 1020. The maximum atomic E-state index is 12.8. The minimum absolute atomic E-state index is 0.0281. The number of nitrogens with zero attached hydrogens (tertiary/aromatic N) is 2. The molecule has 9 nitrogen and oxygen atoms in total. The molecule has 0 saturated heterocycles. The third kappa shape index (κ3) is 5.10. The Morgan fingerprint density at radius 2 is 1.87 bits per heavy atom. The second-order valence-electron chi connectivity index (χ2n) is 6.24. The Balaban J connectivity index is 1.73. The van der Waals surface area contributed by atoms with E-state index < -0.39 is 34.5 Å². The summed E-state index contributed by atoms with van der Waals surface area (Å²) in [5.41, 5.74) is -0.752. The number of amides is 2. The van der Waals surface area contributed by atoms with Crippen LogP contribution in [0.2, 0.25) is 0 Å². The van der Waals surface area contributed by atoms with Crippen molar-refractivity contribution >= 4 is 34.8 Å².